The molecule has 2 aliphatic rings. The van der Waals surface area contributed by atoms with Crippen molar-refractivity contribution in [2.24, 2.45) is 0 Å². The van der Waals surface area contributed by atoms with Crippen LogP contribution >= 0.6 is 15.9 Å². The highest BCUT2D eigenvalue weighted by molar-refractivity contribution is 9.10. The van der Waals surface area contributed by atoms with Crippen LogP contribution in [-0.4, -0.2) is 17.7 Å². The molecule has 1 aliphatic heterocycles. The molecule has 1 aromatic carbocycles. The van der Waals surface area contributed by atoms with Gasteiger partial charge in [0.1, 0.15) is 5.75 Å². The van der Waals surface area contributed by atoms with Crippen LogP contribution < -0.4 is 5.32 Å². The third-order valence-electron chi connectivity index (χ3n) is 4.01. The van der Waals surface area contributed by atoms with Gasteiger partial charge in [0.2, 0.25) is 0 Å². The van der Waals surface area contributed by atoms with Crippen molar-refractivity contribution >= 4 is 15.9 Å². The Hall–Kier alpha value is -0.540. The van der Waals surface area contributed by atoms with Crippen LogP contribution in [0.1, 0.15) is 36.0 Å². The van der Waals surface area contributed by atoms with Gasteiger partial charge in [-0.25, -0.2) is 0 Å². The van der Waals surface area contributed by atoms with Crippen LogP contribution in [0.15, 0.2) is 10.5 Å². The van der Waals surface area contributed by atoms with Crippen LogP contribution in [0.4, 0.5) is 0 Å². The molecule has 92 valence electrons. The lowest BCUT2D eigenvalue weighted by molar-refractivity contribution is 0.458. The summed E-state index contributed by atoms with van der Waals surface area (Å²) in [4.78, 5) is 0. The SMILES string of the molecule is Oc1c(CC2CCCN2)cc2c(c1Br)CCC2. The molecule has 1 unspecified atom stereocenters. The third-order valence-corrected chi connectivity index (χ3v) is 4.87. The predicted octanol–water partition coefficient (Wildman–Crippen LogP) is 2.94. The first-order chi connectivity index (χ1) is 8.25. The molecule has 3 rings (SSSR count). The van der Waals surface area contributed by atoms with Crippen LogP contribution in [0.25, 0.3) is 0 Å². The van der Waals surface area contributed by atoms with E-state index in [0.717, 1.165) is 29.4 Å². The van der Waals surface area contributed by atoms with Gasteiger partial charge in [-0.1, -0.05) is 6.07 Å². The number of nitrogens with one attached hydrogen (secondary N) is 1. The molecule has 0 radical (unpaired) electrons. The second-order valence-electron chi connectivity index (χ2n) is 5.19. The largest absolute Gasteiger partial charge is 0.506 e. The van der Waals surface area contributed by atoms with E-state index in [9.17, 15) is 5.11 Å². The Morgan fingerprint density at radius 1 is 1.35 bits per heavy atom. The van der Waals surface area contributed by atoms with Crippen molar-refractivity contribution in [3.63, 3.8) is 0 Å². The Kier molecular flexibility index (Phi) is 3.14. The Morgan fingerprint density at radius 3 is 3.00 bits per heavy atom. The number of aromatic hydroxyl groups is 1. The lowest BCUT2D eigenvalue weighted by Crippen LogP contribution is -2.23. The van der Waals surface area contributed by atoms with E-state index in [0.29, 0.717) is 11.8 Å². The monoisotopic (exact) mass is 295 g/mol. The normalized spacial score (nSPS) is 23.0. The fourth-order valence-corrected chi connectivity index (χ4v) is 3.80. The summed E-state index contributed by atoms with van der Waals surface area (Å²) < 4.78 is 0.945. The van der Waals surface area contributed by atoms with Crippen LogP contribution in [-0.2, 0) is 19.3 Å². The molecule has 1 heterocycles. The Bertz CT molecular complexity index is 438. The van der Waals surface area contributed by atoms with Gasteiger partial charge in [-0.15, -0.1) is 0 Å². The fourth-order valence-electron chi connectivity index (χ4n) is 3.09. The number of aryl methyl sites for hydroxylation is 1. The quantitative estimate of drug-likeness (QED) is 0.879. The van der Waals surface area contributed by atoms with Gasteiger partial charge >= 0.3 is 0 Å². The van der Waals surface area contributed by atoms with E-state index >= 15 is 0 Å². The second-order valence-corrected chi connectivity index (χ2v) is 5.98. The molecule has 0 amide bonds. The molecule has 0 saturated carbocycles. The maximum absolute atomic E-state index is 10.2. The van der Waals surface area contributed by atoms with E-state index in [-0.39, 0.29) is 0 Å². The summed E-state index contributed by atoms with van der Waals surface area (Å²) in [5, 5.41) is 13.7. The summed E-state index contributed by atoms with van der Waals surface area (Å²) in [6.07, 6.45) is 6.94. The maximum atomic E-state index is 10.2. The van der Waals surface area contributed by atoms with Crippen molar-refractivity contribution in [1.29, 1.82) is 0 Å². The molecule has 1 aromatic rings. The highest BCUT2D eigenvalue weighted by Gasteiger charge is 2.22. The van der Waals surface area contributed by atoms with Crippen molar-refractivity contribution in [2.75, 3.05) is 6.54 Å². The first kappa shape index (κ1) is 11.5. The highest BCUT2D eigenvalue weighted by atomic mass is 79.9. The zero-order valence-electron chi connectivity index (χ0n) is 9.93. The Balaban J connectivity index is 1.91. The number of halogens is 1. The lowest BCUT2D eigenvalue weighted by Gasteiger charge is -2.15. The summed E-state index contributed by atoms with van der Waals surface area (Å²) in [6.45, 7) is 1.12. The molecular formula is C14H18BrNO. The first-order valence-electron chi connectivity index (χ1n) is 6.51. The minimum absolute atomic E-state index is 0.472. The second kappa shape index (κ2) is 4.62. The molecule has 0 bridgehead atoms. The highest BCUT2D eigenvalue weighted by Crippen LogP contribution is 2.39. The number of hydrogen-bond donors (Lipinski definition) is 2. The number of hydrogen-bond acceptors (Lipinski definition) is 2. The van der Waals surface area contributed by atoms with E-state index in [1.807, 2.05) is 0 Å². The van der Waals surface area contributed by atoms with Crippen molar-refractivity contribution in [1.82, 2.24) is 5.32 Å². The lowest BCUT2D eigenvalue weighted by atomic mass is 9.99. The van der Waals surface area contributed by atoms with Gasteiger partial charge in [-0.05, 0) is 77.7 Å². The zero-order chi connectivity index (χ0) is 11.8. The topological polar surface area (TPSA) is 32.3 Å². The molecular weight excluding hydrogens is 278 g/mol. The fraction of sp³-hybridized carbons (Fsp3) is 0.571. The molecule has 1 aliphatic carbocycles. The third kappa shape index (κ3) is 2.11. The molecule has 0 aromatic heterocycles. The van der Waals surface area contributed by atoms with Crippen molar-refractivity contribution < 1.29 is 5.11 Å². The molecule has 2 N–H and O–H groups in total. The van der Waals surface area contributed by atoms with Gasteiger partial charge in [0, 0.05) is 6.04 Å². The van der Waals surface area contributed by atoms with E-state index in [2.05, 4.69) is 27.3 Å². The molecule has 17 heavy (non-hydrogen) atoms. The van der Waals surface area contributed by atoms with E-state index in [1.165, 1.54) is 36.8 Å². The molecule has 3 heteroatoms. The molecule has 0 spiro atoms. The van der Waals surface area contributed by atoms with Gasteiger partial charge in [-0.3, -0.25) is 0 Å². The number of rotatable bonds is 2. The number of phenols is 1. The predicted molar refractivity (Wildman–Crippen MR) is 72.6 cm³/mol. The van der Waals surface area contributed by atoms with Crippen LogP contribution in [0.3, 0.4) is 0 Å². The average Bonchev–Trinajstić information content (AvgIpc) is 2.96. The maximum Gasteiger partial charge on any atom is 0.133 e. The number of fused-ring (bicyclic) bond motifs is 1. The van der Waals surface area contributed by atoms with Gasteiger partial charge in [-0.2, -0.15) is 0 Å². The molecule has 1 atom stereocenters. The van der Waals surface area contributed by atoms with Gasteiger partial charge < -0.3 is 10.4 Å². The van der Waals surface area contributed by atoms with Gasteiger partial charge in [0.15, 0.2) is 0 Å². The molecule has 1 fully saturated rings. The Morgan fingerprint density at radius 2 is 2.24 bits per heavy atom. The van der Waals surface area contributed by atoms with Crippen LogP contribution in [0.5, 0.6) is 5.75 Å². The van der Waals surface area contributed by atoms with Gasteiger partial charge in [0.05, 0.1) is 4.47 Å². The van der Waals surface area contributed by atoms with Crippen molar-refractivity contribution in [3.8, 4) is 5.75 Å². The summed E-state index contributed by atoms with van der Waals surface area (Å²) in [7, 11) is 0. The minimum atomic E-state index is 0.472. The van der Waals surface area contributed by atoms with Crippen molar-refractivity contribution in [2.45, 2.75) is 44.6 Å². The molecule has 1 saturated heterocycles. The summed E-state index contributed by atoms with van der Waals surface area (Å²) >= 11 is 3.56. The summed E-state index contributed by atoms with van der Waals surface area (Å²) in [5.74, 6) is 0.472. The van der Waals surface area contributed by atoms with E-state index in [1.54, 1.807) is 0 Å². The van der Waals surface area contributed by atoms with E-state index in [4.69, 9.17) is 0 Å². The van der Waals surface area contributed by atoms with Crippen LogP contribution in [0.2, 0.25) is 0 Å². The van der Waals surface area contributed by atoms with Gasteiger partial charge in [0.25, 0.3) is 0 Å². The number of phenolic OH excluding ortho intramolecular Hbond substituents is 1. The van der Waals surface area contributed by atoms with Crippen molar-refractivity contribution in [3.05, 3.63) is 27.2 Å². The zero-order valence-corrected chi connectivity index (χ0v) is 11.5. The summed E-state index contributed by atoms with van der Waals surface area (Å²) in [5.41, 5.74) is 3.87. The molecule has 2 nitrogen and oxygen atoms in total. The standard InChI is InChI=1S/C14H18BrNO/c15-13-12-5-1-3-9(12)7-10(14(13)17)8-11-4-2-6-16-11/h7,11,16-17H,1-6,8H2. The van der Waals surface area contributed by atoms with E-state index < -0.39 is 0 Å². The smallest absolute Gasteiger partial charge is 0.133 e. The average molecular weight is 296 g/mol. The Labute approximate surface area is 111 Å². The first-order valence-corrected chi connectivity index (χ1v) is 7.30. The minimum Gasteiger partial charge on any atom is -0.506 e. The van der Waals surface area contributed by atoms with Crippen LogP contribution in [0, 0.1) is 0 Å². The number of benzene rings is 1. The summed E-state index contributed by atoms with van der Waals surface area (Å²) in [6, 6.07) is 2.77.